The molecule has 2 aliphatic rings. The fraction of sp³-hybridized carbons (Fsp3) is 1.00. The monoisotopic (exact) mass is 309 g/mol. The Kier molecular flexibility index (Phi) is 5.11. The standard InChI is InChI=1S/C12H24ClN3O2S/c1-14(2)12-5-7-16(10-12)19(17,18)15-6-3-4-11(8-13)9-15/h11-12H,3-10H2,1-2H3. The largest absolute Gasteiger partial charge is 0.305 e. The first-order valence-electron chi connectivity index (χ1n) is 6.92. The van der Waals surface area contributed by atoms with Crippen molar-refractivity contribution >= 4 is 21.8 Å². The first-order chi connectivity index (χ1) is 8.95. The van der Waals surface area contributed by atoms with E-state index >= 15 is 0 Å². The lowest BCUT2D eigenvalue weighted by molar-refractivity contribution is 0.259. The molecule has 0 aromatic heterocycles. The SMILES string of the molecule is CN(C)C1CCN(S(=O)(=O)N2CCCC(CCl)C2)C1. The Morgan fingerprint density at radius 3 is 2.42 bits per heavy atom. The molecule has 0 aromatic rings. The van der Waals surface area contributed by atoms with E-state index in [0.717, 1.165) is 19.3 Å². The van der Waals surface area contributed by atoms with E-state index in [0.29, 0.717) is 44.0 Å². The zero-order chi connectivity index (χ0) is 14.0. The van der Waals surface area contributed by atoms with E-state index < -0.39 is 10.2 Å². The minimum atomic E-state index is -3.29. The van der Waals surface area contributed by atoms with Gasteiger partial charge in [0.1, 0.15) is 0 Å². The van der Waals surface area contributed by atoms with Gasteiger partial charge in [0.05, 0.1) is 0 Å². The molecule has 0 saturated carbocycles. The maximum atomic E-state index is 12.6. The van der Waals surface area contributed by atoms with Crippen LogP contribution in [0.4, 0.5) is 0 Å². The molecule has 112 valence electrons. The van der Waals surface area contributed by atoms with Crippen LogP contribution in [0, 0.1) is 5.92 Å². The van der Waals surface area contributed by atoms with E-state index in [4.69, 9.17) is 11.6 Å². The number of hydrogen-bond acceptors (Lipinski definition) is 3. The molecule has 7 heteroatoms. The van der Waals surface area contributed by atoms with Crippen LogP contribution in [0.25, 0.3) is 0 Å². The lowest BCUT2D eigenvalue weighted by Crippen LogP contribution is -2.48. The molecule has 2 aliphatic heterocycles. The van der Waals surface area contributed by atoms with Crippen molar-refractivity contribution in [3.63, 3.8) is 0 Å². The lowest BCUT2D eigenvalue weighted by atomic mass is 10.0. The molecule has 5 nitrogen and oxygen atoms in total. The highest BCUT2D eigenvalue weighted by Gasteiger charge is 2.37. The van der Waals surface area contributed by atoms with Crippen molar-refractivity contribution in [1.29, 1.82) is 0 Å². The van der Waals surface area contributed by atoms with Crippen LogP contribution in [0.3, 0.4) is 0 Å². The minimum absolute atomic E-state index is 0.303. The van der Waals surface area contributed by atoms with Gasteiger partial charge in [-0.25, -0.2) is 0 Å². The number of likely N-dealkylation sites (N-methyl/N-ethyl adjacent to an activating group) is 1. The molecule has 0 bridgehead atoms. The van der Waals surface area contributed by atoms with Crippen LogP contribution in [0.1, 0.15) is 19.3 Å². The van der Waals surface area contributed by atoms with Crippen molar-refractivity contribution < 1.29 is 8.42 Å². The predicted molar refractivity (Wildman–Crippen MR) is 77.6 cm³/mol. The van der Waals surface area contributed by atoms with Gasteiger partial charge in [0.15, 0.2) is 0 Å². The highest BCUT2D eigenvalue weighted by molar-refractivity contribution is 7.86. The van der Waals surface area contributed by atoms with Gasteiger partial charge in [0.2, 0.25) is 0 Å². The van der Waals surface area contributed by atoms with Gasteiger partial charge in [0, 0.05) is 38.1 Å². The van der Waals surface area contributed by atoms with Gasteiger partial charge in [-0.1, -0.05) is 0 Å². The van der Waals surface area contributed by atoms with Crippen LogP contribution in [-0.2, 0) is 10.2 Å². The summed E-state index contributed by atoms with van der Waals surface area (Å²) in [7, 11) is 0.720. The smallest absolute Gasteiger partial charge is 0.282 e. The van der Waals surface area contributed by atoms with Gasteiger partial charge in [-0.3, -0.25) is 0 Å². The maximum absolute atomic E-state index is 12.6. The van der Waals surface area contributed by atoms with Gasteiger partial charge in [-0.05, 0) is 39.3 Å². The van der Waals surface area contributed by atoms with Crippen LogP contribution >= 0.6 is 11.6 Å². The molecule has 0 spiro atoms. The molecular weight excluding hydrogens is 286 g/mol. The number of alkyl halides is 1. The quantitative estimate of drug-likeness (QED) is 0.722. The van der Waals surface area contributed by atoms with Crippen molar-refractivity contribution in [1.82, 2.24) is 13.5 Å². The summed E-state index contributed by atoms with van der Waals surface area (Å²) >= 11 is 5.88. The highest BCUT2D eigenvalue weighted by Crippen LogP contribution is 2.25. The van der Waals surface area contributed by atoms with Gasteiger partial charge >= 0.3 is 0 Å². The second-order valence-electron chi connectivity index (χ2n) is 5.79. The Labute approximate surface area is 121 Å². The third-order valence-corrected chi connectivity index (χ3v) is 6.61. The van der Waals surface area contributed by atoms with Crippen molar-refractivity contribution in [2.24, 2.45) is 5.92 Å². The van der Waals surface area contributed by atoms with Crippen LogP contribution < -0.4 is 0 Å². The average Bonchev–Trinajstić information content (AvgIpc) is 2.89. The second kappa shape index (κ2) is 6.26. The maximum Gasteiger partial charge on any atom is 0.282 e. The summed E-state index contributed by atoms with van der Waals surface area (Å²) in [5, 5.41) is 0. The Hall–Kier alpha value is 0.120. The Morgan fingerprint density at radius 1 is 1.16 bits per heavy atom. The number of halogens is 1. The highest BCUT2D eigenvalue weighted by atomic mass is 35.5. The molecule has 19 heavy (non-hydrogen) atoms. The minimum Gasteiger partial charge on any atom is -0.305 e. The van der Waals surface area contributed by atoms with Gasteiger partial charge in [-0.2, -0.15) is 17.0 Å². The number of piperidine rings is 1. The normalized spacial score (nSPS) is 31.2. The average molecular weight is 310 g/mol. The van der Waals surface area contributed by atoms with Gasteiger partial charge < -0.3 is 4.90 Å². The molecule has 0 amide bonds. The number of rotatable bonds is 4. The summed E-state index contributed by atoms with van der Waals surface area (Å²) in [5.74, 6) is 0.851. The summed E-state index contributed by atoms with van der Waals surface area (Å²) in [4.78, 5) is 2.10. The third-order valence-electron chi connectivity index (χ3n) is 4.21. The Bertz CT molecular complexity index is 402. The summed E-state index contributed by atoms with van der Waals surface area (Å²) in [5.41, 5.74) is 0. The van der Waals surface area contributed by atoms with Crippen LogP contribution in [0.5, 0.6) is 0 Å². The molecule has 0 radical (unpaired) electrons. The molecule has 0 aromatic carbocycles. The molecule has 2 unspecified atom stereocenters. The van der Waals surface area contributed by atoms with E-state index in [1.165, 1.54) is 0 Å². The molecule has 0 N–H and O–H groups in total. The van der Waals surface area contributed by atoms with E-state index in [1.54, 1.807) is 8.61 Å². The number of nitrogens with zero attached hydrogens (tertiary/aromatic N) is 3. The molecule has 2 atom stereocenters. The molecule has 0 aliphatic carbocycles. The van der Waals surface area contributed by atoms with Crippen molar-refractivity contribution in [3.8, 4) is 0 Å². The third kappa shape index (κ3) is 3.42. The van der Waals surface area contributed by atoms with E-state index in [1.807, 2.05) is 14.1 Å². The number of hydrogen-bond donors (Lipinski definition) is 0. The summed E-state index contributed by atoms with van der Waals surface area (Å²) in [6, 6.07) is 0.336. The fourth-order valence-electron chi connectivity index (χ4n) is 2.87. The molecule has 2 heterocycles. The van der Waals surface area contributed by atoms with E-state index in [2.05, 4.69) is 4.90 Å². The fourth-order valence-corrected chi connectivity index (χ4v) is 4.90. The molecule has 2 rings (SSSR count). The van der Waals surface area contributed by atoms with Crippen molar-refractivity contribution in [3.05, 3.63) is 0 Å². The van der Waals surface area contributed by atoms with Crippen LogP contribution in [0.15, 0.2) is 0 Å². The summed E-state index contributed by atoms with van der Waals surface area (Å²) in [6.07, 6.45) is 2.87. The lowest BCUT2D eigenvalue weighted by Gasteiger charge is -2.33. The summed E-state index contributed by atoms with van der Waals surface area (Å²) < 4.78 is 28.5. The van der Waals surface area contributed by atoms with Gasteiger partial charge in [0.25, 0.3) is 10.2 Å². The topological polar surface area (TPSA) is 43.9 Å². The molecular formula is C12H24ClN3O2S. The predicted octanol–water partition coefficient (Wildman–Crippen LogP) is 0.818. The Balaban J connectivity index is 2.02. The molecule has 2 fully saturated rings. The first kappa shape index (κ1) is 15.5. The molecule has 2 saturated heterocycles. The Morgan fingerprint density at radius 2 is 1.84 bits per heavy atom. The van der Waals surface area contributed by atoms with Crippen LogP contribution in [-0.4, -0.2) is 74.1 Å². The summed E-state index contributed by atoms with van der Waals surface area (Å²) in [6.45, 7) is 2.46. The van der Waals surface area contributed by atoms with Crippen molar-refractivity contribution in [2.75, 3.05) is 46.2 Å². The zero-order valence-electron chi connectivity index (χ0n) is 11.8. The zero-order valence-corrected chi connectivity index (χ0v) is 13.3. The van der Waals surface area contributed by atoms with Crippen molar-refractivity contribution in [2.45, 2.75) is 25.3 Å². The second-order valence-corrected chi connectivity index (χ2v) is 8.03. The van der Waals surface area contributed by atoms with E-state index in [9.17, 15) is 8.42 Å². The van der Waals surface area contributed by atoms with E-state index in [-0.39, 0.29) is 0 Å². The first-order valence-corrected chi connectivity index (χ1v) is 8.86. The van der Waals surface area contributed by atoms with Crippen LogP contribution in [0.2, 0.25) is 0 Å². The van der Waals surface area contributed by atoms with Gasteiger partial charge in [-0.15, -0.1) is 11.6 Å².